The zero-order chi connectivity index (χ0) is 82.0. The van der Waals surface area contributed by atoms with Crippen molar-refractivity contribution in [3.63, 3.8) is 0 Å². The molecule has 0 spiro atoms. The van der Waals surface area contributed by atoms with E-state index in [4.69, 9.17) is 37.0 Å². The number of aliphatic hydroxyl groups is 1. The van der Waals surface area contributed by atoms with E-state index in [1.54, 1.807) is 0 Å². The zero-order valence-corrected chi connectivity index (χ0v) is 75.8. The summed E-state index contributed by atoms with van der Waals surface area (Å²) in [5.41, 5.74) is 0. The van der Waals surface area contributed by atoms with Gasteiger partial charge in [-0.25, -0.2) is 9.13 Å². The van der Waals surface area contributed by atoms with Crippen LogP contribution in [0.25, 0.3) is 0 Å². The first-order valence-electron chi connectivity index (χ1n) is 48.0. The van der Waals surface area contributed by atoms with Crippen LogP contribution in [-0.4, -0.2) is 96.7 Å². The standard InChI is InChI=1S/C93H182O17P2/c1-7-9-11-13-15-17-19-21-22-23-24-28-35-41-47-53-59-65-71-77-92(97)109-88(81-103-90(95)75-69-63-57-51-45-37-20-18-16-14-12-10-8-2)83-107-111(99,100)105-79-87(94)80-106-112(101,102)108-84-89(82-104-91(96)76-70-64-58-52-46-40-34-31-30-33-39-44-50-56-62-68-74-86(5)6)110-93(98)78-72-66-60-54-48-42-36-29-26-25-27-32-38-43-49-55-61-67-73-85(3)4/h85-89,94H,7-84H2,1-6H3,(H,99,100)(H,101,102)/t87-,88+,89+/m0/s1. The van der Waals surface area contributed by atoms with Crippen LogP contribution in [-0.2, 0) is 65.4 Å². The fourth-order valence-electron chi connectivity index (χ4n) is 14.7. The van der Waals surface area contributed by atoms with E-state index in [0.29, 0.717) is 25.7 Å². The van der Waals surface area contributed by atoms with Crippen molar-refractivity contribution in [1.29, 1.82) is 0 Å². The highest BCUT2D eigenvalue weighted by Gasteiger charge is 2.31. The maximum absolute atomic E-state index is 13.2. The summed E-state index contributed by atoms with van der Waals surface area (Å²) in [6.45, 7) is 9.79. The van der Waals surface area contributed by atoms with Crippen LogP contribution in [0.4, 0.5) is 0 Å². The molecule has 0 aliphatic heterocycles. The van der Waals surface area contributed by atoms with Gasteiger partial charge in [-0.2, -0.15) is 0 Å². The lowest BCUT2D eigenvalue weighted by molar-refractivity contribution is -0.161. The van der Waals surface area contributed by atoms with Crippen molar-refractivity contribution in [2.45, 2.75) is 522 Å². The Kier molecular flexibility index (Phi) is 82.6. The molecule has 0 bridgehead atoms. The minimum Gasteiger partial charge on any atom is -0.462 e. The smallest absolute Gasteiger partial charge is 0.462 e. The van der Waals surface area contributed by atoms with Gasteiger partial charge in [0.15, 0.2) is 12.2 Å². The Morgan fingerprint density at radius 3 is 0.607 bits per heavy atom. The molecule has 0 radical (unpaired) electrons. The molecule has 0 amide bonds. The third kappa shape index (κ3) is 85.9. The molecule has 17 nitrogen and oxygen atoms in total. The molecule has 0 saturated carbocycles. The van der Waals surface area contributed by atoms with Gasteiger partial charge in [-0.05, 0) is 37.5 Å². The monoisotopic (exact) mass is 1630 g/mol. The van der Waals surface area contributed by atoms with Crippen molar-refractivity contribution >= 4 is 39.5 Å². The fraction of sp³-hybridized carbons (Fsp3) is 0.957. The molecule has 112 heavy (non-hydrogen) atoms. The van der Waals surface area contributed by atoms with Crippen molar-refractivity contribution in [3.05, 3.63) is 0 Å². The first kappa shape index (κ1) is 110. The number of phosphoric acid groups is 2. The molecule has 0 rings (SSSR count). The lowest BCUT2D eigenvalue weighted by Gasteiger charge is -2.21. The molecule has 0 aromatic rings. The number of aliphatic hydroxyl groups excluding tert-OH is 1. The van der Waals surface area contributed by atoms with Gasteiger partial charge in [-0.3, -0.25) is 37.3 Å². The van der Waals surface area contributed by atoms with Crippen molar-refractivity contribution < 1.29 is 80.2 Å². The summed E-state index contributed by atoms with van der Waals surface area (Å²) in [6.07, 6.45) is 79.2. The van der Waals surface area contributed by atoms with Gasteiger partial charge >= 0.3 is 39.5 Å². The van der Waals surface area contributed by atoms with Crippen molar-refractivity contribution in [2.75, 3.05) is 39.6 Å². The van der Waals surface area contributed by atoms with Crippen LogP contribution >= 0.6 is 15.6 Å². The van der Waals surface area contributed by atoms with Crippen LogP contribution in [0.15, 0.2) is 0 Å². The van der Waals surface area contributed by atoms with E-state index in [9.17, 15) is 43.2 Å². The van der Waals surface area contributed by atoms with Gasteiger partial charge < -0.3 is 33.8 Å². The molecule has 3 N–H and O–H groups in total. The summed E-state index contributed by atoms with van der Waals surface area (Å²) >= 11 is 0. The molecule has 0 aromatic carbocycles. The van der Waals surface area contributed by atoms with E-state index in [2.05, 4.69) is 41.5 Å². The number of ether oxygens (including phenoxy) is 4. The first-order valence-corrected chi connectivity index (χ1v) is 51.0. The maximum Gasteiger partial charge on any atom is 0.472 e. The summed E-state index contributed by atoms with van der Waals surface area (Å²) in [5.74, 6) is -0.458. The second kappa shape index (κ2) is 84.1. The van der Waals surface area contributed by atoms with E-state index in [-0.39, 0.29) is 25.7 Å². The Balaban J connectivity index is 5.26. The van der Waals surface area contributed by atoms with Gasteiger partial charge in [0.1, 0.15) is 19.3 Å². The van der Waals surface area contributed by atoms with Gasteiger partial charge in [0.25, 0.3) is 0 Å². The van der Waals surface area contributed by atoms with E-state index < -0.39 is 97.5 Å². The molecule has 0 fully saturated rings. The molecule has 0 heterocycles. The van der Waals surface area contributed by atoms with Crippen molar-refractivity contribution in [2.24, 2.45) is 11.8 Å². The number of hydrogen-bond acceptors (Lipinski definition) is 15. The van der Waals surface area contributed by atoms with Crippen molar-refractivity contribution in [3.8, 4) is 0 Å². The average Bonchev–Trinajstić information content (AvgIpc) is 0.899. The Hall–Kier alpha value is -1.94. The topological polar surface area (TPSA) is 237 Å². The van der Waals surface area contributed by atoms with Crippen LogP contribution in [0, 0.1) is 11.8 Å². The third-order valence-electron chi connectivity index (χ3n) is 22.0. The van der Waals surface area contributed by atoms with Crippen LogP contribution < -0.4 is 0 Å². The fourth-order valence-corrected chi connectivity index (χ4v) is 16.2. The number of esters is 4. The molecule has 2 unspecified atom stereocenters. The highest BCUT2D eigenvalue weighted by atomic mass is 31.2. The Bertz CT molecular complexity index is 2130. The van der Waals surface area contributed by atoms with Crippen LogP contribution in [0.3, 0.4) is 0 Å². The number of unbranched alkanes of at least 4 members (excludes halogenated alkanes) is 62. The van der Waals surface area contributed by atoms with E-state index in [1.165, 1.54) is 321 Å². The summed E-state index contributed by atoms with van der Waals surface area (Å²) in [5, 5.41) is 10.7. The van der Waals surface area contributed by atoms with Gasteiger partial charge in [0.05, 0.1) is 26.4 Å². The molecule has 0 saturated heterocycles. The predicted octanol–water partition coefficient (Wildman–Crippen LogP) is 29.0. The number of carbonyl (C=O) groups excluding carboxylic acids is 4. The van der Waals surface area contributed by atoms with Crippen LogP contribution in [0.5, 0.6) is 0 Å². The molecule has 666 valence electrons. The molecule has 0 aliphatic rings. The molecule has 19 heteroatoms. The van der Waals surface area contributed by atoms with E-state index in [1.807, 2.05) is 0 Å². The molecule has 0 aliphatic carbocycles. The lowest BCUT2D eigenvalue weighted by atomic mass is 10.0. The van der Waals surface area contributed by atoms with E-state index in [0.717, 1.165) is 102 Å². The third-order valence-corrected chi connectivity index (χ3v) is 23.9. The lowest BCUT2D eigenvalue weighted by Crippen LogP contribution is -2.30. The minimum absolute atomic E-state index is 0.109. The molecule has 0 aromatic heterocycles. The second-order valence-corrected chi connectivity index (χ2v) is 37.3. The predicted molar refractivity (Wildman–Crippen MR) is 465 cm³/mol. The molecular formula is C93H182O17P2. The molecular weight excluding hydrogens is 1450 g/mol. The average molecular weight is 1630 g/mol. The number of hydrogen-bond donors (Lipinski definition) is 3. The van der Waals surface area contributed by atoms with Crippen LogP contribution in [0.1, 0.15) is 504 Å². The number of rotatable bonds is 92. The van der Waals surface area contributed by atoms with Gasteiger partial charge in [-0.1, -0.05) is 452 Å². The largest absolute Gasteiger partial charge is 0.472 e. The minimum atomic E-state index is -4.97. The second-order valence-electron chi connectivity index (χ2n) is 34.4. The normalized spacial score (nSPS) is 13.7. The van der Waals surface area contributed by atoms with Crippen molar-refractivity contribution in [1.82, 2.24) is 0 Å². The summed E-state index contributed by atoms with van der Waals surface area (Å²) < 4.78 is 69.2. The zero-order valence-electron chi connectivity index (χ0n) is 74.0. The summed E-state index contributed by atoms with van der Waals surface area (Å²) in [4.78, 5) is 73.5. The Labute approximate surface area is 689 Å². The Morgan fingerprint density at radius 2 is 0.411 bits per heavy atom. The Morgan fingerprint density at radius 1 is 0.241 bits per heavy atom. The summed E-state index contributed by atoms with van der Waals surface area (Å²) in [7, 11) is -9.94. The first-order chi connectivity index (χ1) is 54.4. The maximum atomic E-state index is 13.2. The SMILES string of the molecule is CCCCCCCCCCCCCCCCCCCCCC(=O)O[C@H](COC(=O)CCCCCCCCCCCCCCC)COP(=O)(O)OC[C@H](O)COP(=O)(O)OC[C@@H](COC(=O)CCCCCCCCCCCCCCCCCCC(C)C)OC(=O)CCCCCCCCCCCCCCCCCCCCC(C)C. The highest BCUT2D eigenvalue weighted by Crippen LogP contribution is 2.45. The van der Waals surface area contributed by atoms with E-state index >= 15 is 0 Å². The number of phosphoric ester groups is 2. The van der Waals surface area contributed by atoms with Gasteiger partial charge in [0.2, 0.25) is 0 Å². The number of carbonyl (C=O) groups is 4. The van der Waals surface area contributed by atoms with Gasteiger partial charge in [-0.15, -0.1) is 0 Å². The van der Waals surface area contributed by atoms with Gasteiger partial charge in [0, 0.05) is 25.7 Å². The van der Waals surface area contributed by atoms with Crippen LogP contribution in [0.2, 0.25) is 0 Å². The highest BCUT2D eigenvalue weighted by molar-refractivity contribution is 7.47. The summed E-state index contributed by atoms with van der Waals surface area (Å²) in [6, 6.07) is 0. The quantitative estimate of drug-likeness (QED) is 0.0222. The molecule has 5 atom stereocenters.